The van der Waals surface area contributed by atoms with E-state index in [1.807, 2.05) is 37.3 Å². The summed E-state index contributed by atoms with van der Waals surface area (Å²) in [5.41, 5.74) is 0.819. The van der Waals surface area contributed by atoms with Crippen molar-refractivity contribution < 1.29 is 4.79 Å². The van der Waals surface area contributed by atoms with Crippen LogP contribution in [0.15, 0.2) is 47.3 Å². The third-order valence-electron chi connectivity index (χ3n) is 3.26. The Morgan fingerprint density at radius 1 is 1.17 bits per heavy atom. The zero-order valence-electron chi connectivity index (χ0n) is 13.0. The maximum absolute atomic E-state index is 12.3. The highest BCUT2D eigenvalue weighted by molar-refractivity contribution is 7.15. The molecular formula is C16H15N5O2S. The number of amides is 1. The van der Waals surface area contributed by atoms with Gasteiger partial charge >= 0.3 is 0 Å². The summed E-state index contributed by atoms with van der Waals surface area (Å²) in [6.45, 7) is 2.27. The maximum Gasteiger partial charge on any atom is 0.277 e. The van der Waals surface area contributed by atoms with Gasteiger partial charge in [-0.2, -0.15) is 5.10 Å². The van der Waals surface area contributed by atoms with E-state index in [-0.39, 0.29) is 11.3 Å². The first-order valence-corrected chi connectivity index (χ1v) is 8.23. The van der Waals surface area contributed by atoms with Crippen molar-refractivity contribution in [3.8, 4) is 0 Å². The molecule has 0 unspecified atom stereocenters. The van der Waals surface area contributed by atoms with Gasteiger partial charge in [-0.05, 0) is 18.1 Å². The molecule has 0 aliphatic rings. The van der Waals surface area contributed by atoms with E-state index in [0.29, 0.717) is 11.7 Å². The Morgan fingerprint density at radius 3 is 2.67 bits per heavy atom. The van der Waals surface area contributed by atoms with E-state index in [1.165, 1.54) is 28.2 Å². The number of aryl methyl sites for hydroxylation is 1. The molecule has 3 rings (SSSR count). The van der Waals surface area contributed by atoms with Crippen molar-refractivity contribution in [3.63, 3.8) is 0 Å². The van der Waals surface area contributed by atoms with Crippen molar-refractivity contribution >= 4 is 22.4 Å². The molecule has 0 aliphatic heterocycles. The average Bonchev–Trinajstić information content (AvgIpc) is 3.05. The van der Waals surface area contributed by atoms with E-state index >= 15 is 0 Å². The summed E-state index contributed by atoms with van der Waals surface area (Å²) in [5, 5.41) is 15.9. The Morgan fingerprint density at radius 2 is 1.96 bits per heavy atom. The summed E-state index contributed by atoms with van der Waals surface area (Å²) in [6.07, 6.45) is 0.758. The van der Waals surface area contributed by atoms with Gasteiger partial charge in [0.25, 0.3) is 11.5 Å². The molecule has 0 atom stereocenters. The molecule has 0 radical (unpaired) electrons. The van der Waals surface area contributed by atoms with Gasteiger partial charge in [-0.25, -0.2) is 4.68 Å². The van der Waals surface area contributed by atoms with Crippen molar-refractivity contribution in [1.82, 2.24) is 20.0 Å². The second kappa shape index (κ2) is 7.14. The fraction of sp³-hybridized carbons (Fsp3) is 0.188. The van der Waals surface area contributed by atoms with Gasteiger partial charge in [-0.15, -0.1) is 10.2 Å². The fourth-order valence-corrected chi connectivity index (χ4v) is 2.72. The Labute approximate surface area is 142 Å². The second-order valence-corrected chi connectivity index (χ2v) is 6.07. The largest absolute Gasteiger partial charge is 0.295 e. The van der Waals surface area contributed by atoms with Gasteiger partial charge in [-0.3, -0.25) is 14.9 Å². The first kappa shape index (κ1) is 16.0. The van der Waals surface area contributed by atoms with Crippen LogP contribution in [-0.4, -0.2) is 25.9 Å². The van der Waals surface area contributed by atoms with Gasteiger partial charge in [0.05, 0.1) is 6.54 Å². The Hall–Kier alpha value is -2.87. The predicted molar refractivity (Wildman–Crippen MR) is 91.3 cm³/mol. The van der Waals surface area contributed by atoms with Crippen molar-refractivity contribution in [2.24, 2.45) is 0 Å². The lowest BCUT2D eigenvalue weighted by Gasteiger charge is -2.06. The summed E-state index contributed by atoms with van der Waals surface area (Å²) in [5.74, 6) is -0.421. The van der Waals surface area contributed by atoms with Crippen molar-refractivity contribution in [3.05, 3.63) is 69.1 Å². The number of benzene rings is 1. The van der Waals surface area contributed by atoms with Crippen LogP contribution in [0.3, 0.4) is 0 Å². The lowest BCUT2D eigenvalue weighted by molar-refractivity contribution is 0.102. The molecule has 1 amide bonds. The van der Waals surface area contributed by atoms with E-state index < -0.39 is 5.91 Å². The highest BCUT2D eigenvalue weighted by Gasteiger charge is 2.13. The molecule has 122 valence electrons. The number of nitrogens with one attached hydrogen (secondary N) is 1. The molecule has 1 aromatic carbocycles. The van der Waals surface area contributed by atoms with Crippen LogP contribution in [0.5, 0.6) is 0 Å². The quantitative estimate of drug-likeness (QED) is 0.766. The standard InChI is InChI=1S/C16H15N5O2S/c1-2-13-18-19-16(24-13)17-15(23)12-8-9-14(22)21(20-12)10-11-6-4-3-5-7-11/h3-9H,2,10H2,1H3,(H,17,19,23). The monoisotopic (exact) mass is 341 g/mol. The van der Waals surface area contributed by atoms with Crippen LogP contribution in [0, 0.1) is 0 Å². The second-order valence-electron chi connectivity index (χ2n) is 5.01. The van der Waals surface area contributed by atoms with E-state index in [4.69, 9.17) is 0 Å². The average molecular weight is 341 g/mol. The molecule has 0 spiro atoms. The molecule has 0 bridgehead atoms. The molecule has 2 aromatic heterocycles. The van der Waals surface area contributed by atoms with Crippen molar-refractivity contribution in [2.75, 3.05) is 5.32 Å². The van der Waals surface area contributed by atoms with Gasteiger partial charge in [-0.1, -0.05) is 48.6 Å². The summed E-state index contributed by atoms with van der Waals surface area (Å²) in [6, 6.07) is 12.2. The number of carbonyl (C=O) groups is 1. The van der Waals surface area contributed by atoms with Gasteiger partial charge < -0.3 is 0 Å². The molecule has 8 heteroatoms. The van der Waals surface area contributed by atoms with E-state index in [0.717, 1.165) is 17.0 Å². The van der Waals surface area contributed by atoms with Crippen LogP contribution in [0.25, 0.3) is 0 Å². The van der Waals surface area contributed by atoms with Gasteiger partial charge in [0.2, 0.25) is 5.13 Å². The number of hydrogen-bond donors (Lipinski definition) is 1. The number of nitrogens with zero attached hydrogens (tertiary/aromatic N) is 4. The van der Waals surface area contributed by atoms with Crippen LogP contribution in [0.4, 0.5) is 5.13 Å². The minimum atomic E-state index is -0.421. The zero-order chi connectivity index (χ0) is 16.9. The van der Waals surface area contributed by atoms with E-state index in [2.05, 4.69) is 20.6 Å². The van der Waals surface area contributed by atoms with Crippen LogP contribution in [-0.2, 0) is 13.0 Å². The minimum absolute atomic E-state index is 0.152. The molecule has 0 saturated heterocycles. The lowest BCUT2D eigenvalue weighted by atomic mass is 10.2. The third-order valence-corrected chi connectivity index (χ3v) is 4.25. The highest BCUT2D eigenvalue weighted by atomic mass is 32.1. The van der Waals surface area contributed by atoms with Gasteiger partial charge in [0.1, 0.15) is 10.7 Å². The number of anilines is 1. The Bertz CT molecular complexity index is 904. The summed E-state index contributed by atoms with van der Waals surface area (Å²) in [7, 11) is 0. The summed E-state index contributed by atoms with van der Waals surface area (Å²) in [4.78, 5) is 24.2. The van der Waals surface area contributed by atoms with Crippen LogP contribution >= 0.6 is 11.3 Å². The Kier molecular flexibility index (Phi) is 4.76. The Balaban J connectivity index is 1.79. The first-order chi connectivity index (χ1) is 11.7. The predicted octanol–water partition coefficient (Wildman–Crippen LogP) is 1.96. The molecule has 3 aromatic rings. The van der Waals surface area contributed by atoms with Crippen molar-refractivity contribution in [1.29, 1.82) is 0 Å². The maximum atomic E-state index is 12.3. The molecule has 0 aliphatic carbocycles. The summed E-state index contributed by atoms with van der Waals surface area (Å²) >= 11 is 1.32. The SMILES string of the molecule is CCc1nnc(NC(=O)c2ccc(=O)n(Cc3ccccc3)n2)s1. The molecule has 2 heterocycles. The van der Waals surface area contributed by atoms with Crippen LogP contribution in [0.2, 0.25) is 0 Å². The number of carbonyl (C=O) groups excluding carboxylic acids is 1. The zero-order valence-corrected chi connectivity index (χ0v) is 13.8. The smallest absolute Gasteiger partial charge is 0.277 e. The van der Waals surface area contributed by atoms with Gasteiger partial charge in [0, 0.05) is 6.07 Å². The lowest BCUT2D eigenvalue weighted by Crippen LogP contribution is -2.26. The number of aromatic nitrogens is 4. The molecule has 0 saturated carbocycles. The van der Waals surface area contributed by atoms with Crippen molar-refractivity contribution in [2.45, 2.75) is 19.9 Å². The van der Waals surface area contributed by atoms with Gasteiger partial charge in [0.15, 0.2) is 0 Å². The molecule has 1 N–H and O–H groups in total. The normalized spacial score (nSPS) is 10.5. The fourth-order valence-electron chi connectivity index (χ4n) is 2.05. The van der Waals surface area contributed by atoms with Crippen LogP contribution in [0.1, 0.15) is 28.0 Å². The minimum Gasteiger partial charge on any atom is -0.295 e. The van der Waals surface area contributed by atoms with E-state index in [1.54, 1.807) is 0 Å². The molecule has 0 fully saturated rings. The first-order valence-electron chi connectivity index (χ1n) is 7.41. The summed E-state index contributed by atoms with van der Waals surface area (Å²) < 4.78 is 1.27. The molecular weight excluding hydrogens is 326 g/mol. The van der Waals surface area contributed by atoms with Crippen LogP contribution < -0.4 is 10.9 Å². The highest BCUT2D eigenvalue weighted by Crippen LogP contribution is 2.15. The number of rotatable bonds is 5. The molecule has 24 heavy (non-hydrogen) atoms. The van der Waals surface area contributed by atoms with E-state index in [9.17, 15) is 9.59 Å². The molecule has 7 nitrogen and oxygen atoms in total. The number of hydrogen-bond acceptors (Lipinski definition) is 6. The topological polar surface area (TPSA) is 89.8 Å². The third kappa shape index (κ3) is 3.72.